The fraction of sp³-hybridized carbons (Fsp3) is 0.882. The lowest BCUT2D eigenvalue weighted by molar-refractivity contribution is -0.167. The SMILES string of the molecule is CN1CCC[C@]23C(=O)C[C@@H]4C[C@H]2CC(=O)[C@@]3(C[C@@H](O)C1)C4.O. The first-order valence-corrected chi connectivity index (χ1v) is 8.41. The van der Waals surface area contributed by atoms with E-state index in [9.17, 15) is 14.7 Å². The molecule has 0 aromatic heterocycles. The number of likely N-dealkylation sites (N-methyl/N-ethyl adjacent to an activating group) is 1. The molecule has 5 nitrogen and oxygen atoms in total. The maximum absolute atomic E-state index is 12.9. The lowest BCUT2D eigenvalue weighted by Crippen LogP contribution is -2.59. The van der Waals surface area contributed by atoms with Crippen molar-refractivity contribution in [3.8, 4) is 0 Å². The fourth-order valence-electron chi connectivity index (χ4n) is 6.39. The van der Waals surface area contributed by atoms with Gasteiger partial charge in [-0.1, -0.05) is 0 Å². The van der Waals surface area contributed by atoms with E-state index in [1.807, 2.05) is 7.05 Å². The second kappa shape index (κ2) is 5.11. The number of fused-ring (bicyclic) bond motifs is 1. The first-order chi connectivity index (χ1) is 9.98. The summed E-state index contributed by atoms with van der Waals surface area (Å²) in [6, 6.07) is 0. The van der Waals surface area contributed by atoms with Crippen LogP contribution >= 0.6 is 0 Å². The summed E-state index contributed by atoms with van der Waals surface area (Å²) in [5.41, 5.74) is -0.953. The molecule has 1 heterocycles. The largest absolute Gasteiger partial charge is 0.412 e. The van der Waals surface area contributed by atoms with E-state index in [4.69, 9.17) is 0 Å². The standard InChI is InChI=1S/C17H25NO3.H2O/c1-18-4-2-3-17-12-5-11(6-15(17)21)8-16(17,14(20)7-12)9-13(19)10-18;/h11-13,19H,2-10H2,1H3;1H2/t11-,12-,13+,16-,17+;/m0./s1. The minimum absolute atomic E-state index is 0. The zero-order chi connectivity index (χ0) is 14.8. The van der Waals surface area contributed by atoms with Gasteiger partial charge in [-0.05, 0) is 57.5 Å². The Kier molecular flexibility index (Phi) is 3.74. The number of ketones is 2. The van der Waals surface area contributed by atoms with Crippen molar-refractivity contribution in [2.45, 2.75) is 51.0 Å². The lowest BCUT2D eigenvalue weighted by Gasteiger charge is -2.57. The molecule has 1 aliphatic heterocycles. The van der Waals surface area contributed by atoms with Crippen molar-refractivity contribution < 1.29 is 20.2 Å². The predicted octanol–water partition coefficient (Wildman–Crippen LogP) is 0.583. The third kappa shape index (κ3) is 1.82. The van der Waals surface area contributed by atoms with Crippen LogP contribution in [-0.2, 0) is 9.59 Å². The Morgan fingerprint density at radius 3 is 2.73 bits per heavy atom. The van der Waals surface area contributed by atoms with Gasteiger partial charge in [0.05, 0.1) is 6.10 Å². The summed E-state index contributed by atoms with van der Waals surface area (Å²) >= 11 is 0. The molecule has 22 heavy (non-hydrogen) atoms. The van der Waals surface area contributed by atoms with Crippen molar-refractivity contribution in [1.82, 2.24) is 4.90 Å². The van der Waals surface area contributed by atoms with Crippen molar-refractivity contribution in [2.24, 2.45) is 22.7 Å². The summed E-state index contributed by atoms with van der Waals surface area (Å²) < 4.78 is 0. The maximum atomic E-state index is 12.9. The average molecular weight is 309 g/mol. The molecule has 4 aliphatic carbocycles. The number of aliphatic hydroxyl groups is 1. The Hall–Kier alpha value is -0.780. The zero-order valence-corrected chi connectivity index (χ0v) is 13.3. The van der Waals surface area contributed by atoms with Crippen LogP contribution in [0, 0.1) is 22.7 Å². The molecule has 4 bridgehead atoms. The van der Waals surface area contributed by atoms with Crippen molar-refractivity contribution in [2.75, 3.05) is 20.1 Å². The van der Waals surface area contributed by atoms with E-state index in [1.54, 1.807) is 0 Å². The van der Waals surface area contributed by atoms with E-state index >= 15 is 0 Å². The molecule has 5 fully saturated rings. The minimum atomic E-state index is -0.527. The highest BCUT2D eigenvalue weighted by Gasteiger charge is 2.73. The van der Waals surface area contributed by atoms with Crippen LogP contribution in [0.2, 0.25) is 0 Å². The van der Waals surface area contributed by atoms with Crippen molar-refractivity contribution in [3.05, 3.63) is 0 Å². The summed E-state index contributed by atoms with van der Waals surface area (Å²) in [5, 5.41) is 10.5. The number of nitrogens with zero attached hydrogens (tertiary/aromatic N) is 1. The molecule has 5 atom stereocenters. The molecule has 4 saturated carbocycles. The monoisotopic (exact) mass is 309 g/mol. The lowest BCUT2D eigenvalue weighted by atomic mass is 9.44. The normalized spacial score (nSPS) is 48.2. The zero-order valence-electron chi connectivity index (χ0n) is 13.3. The third-order valence-corrected chi connectivity index (χ3v) is 6.96. The van der Waals surface area contributed by atoms with E-state index < -0.39 is 16.9 Å². The minimum Gasteiger partial charge on any atom is -0.412 e. The van der Waals surface area contributed by atoms with Gasteiger partial charge in [-0.25, -0.2) is 0 Å². The molecular formula is C17H27NO4. The molecule has 0 aromatic rings. The van der Waals surface area contributed by atoms with Crippen molar-refractivity contribution in [1.29, 1.82) is 0 Å². The van der Waals surface area contributed by atoms with Crippen LogP contribution in [0.4, 0.5) is 0 Å². The summed E-state index contributed by atoms with van der Waals surface area (Å²) in [6.07, 6.45) is 5.02. The van der Waals surface area contributed by atoms with Crippen LogP contribution in [-0.4, -0.2) is 53.3 Å². The van der Waals surface area contributed by atoms with Gasteiger partial charge in [0.1, 0.15) is 11.6 Å². The van der Waals surface area contributed by atoms with Crippen molar-refractivity contribution >= 4 is 11.6 Å². The first-order valence-electron chi connectivity index (χ1n) is 8.41. The molecule has 1 spiro atoms. The number of carbonyl (C=O) groups is 2. The highest BCUT2D eigenvalue weighted by molar-refractivity contribution is 6.01. The number of Topliss-reactive ketones (excluding diaryl/α,β-unsaturated/α-hetero) is 2. The Morgan fingerprint density at radius 2 is 1.95 bits per heavy atom. The van der Waals surface area contributed by atoms with Crippen LogP contribution in [0.3, 0.4) is 0 Å². The van der Waals surface area contributed by atoms with Gasteiger partial charge in [0.2, 0.25) is 0 Å². The van der Waals surface area contributed by atoms with Crippen LogP contribution < -0.4 is 0 Å². The molecule has 3 N–H and O–H groups in total. The number of hydrogen-bond donors (Lipinski definition) is 1. The molecule has 5 aliphatic rings. The summed E-state index contributed by atoms with van der Waals surface area (Å²) in [7, 11) is 2.02. The molecular weight excluding hydrogens is 282 g/mol. The molecule has 0 amide bonds. The smallest absolute Gasteiger partial charge is 0.140 e. The number of rotatable bonds is 0. The molecule has 0 radical (unpaired) electrons. The maximum Gasteiger partial charge on any atom is 0.140 e. The van der Waals surface area contributed by atoms with Gasteiger partial charge in [-0.2, -0.15) is 0 Å². The summed E-state index contributed by atoms with van der Waals surface area (Å²) in [4.78, 5) is 27.9. The van der Waals surface area contributed by atoms with E-state index in [-0.39, 0.29) is 17.2 Å². The Bertz CT molecular complexity index is 507. The highest BCUT2D eigenvalue weighted by atomic mass is 16.3. The van der Waals surface area contributed by atoms with Crippen LogP contribution in [0.1, 0.15) is 44.9 Å². The molecule has 5 rings (SSSR count). The van der Waals surface area contributed by atoms with Crippen LogP contribution in [0.15, 0.2) is 0 Å². The summed E-state index contributed by atoms with van der Waals surface area (Å²) in [5.74, 6) is 1.28. The molecule has 124 valence electrons. The van der Waals surface area contributed by atoms with Gasteiger partial charge in [0.25, 0.3) is 0 Å². The van der Waals surface area contributed by atoms with E-state index in [0.717, 1.165) is 32.2 Å². The van der Waals surface area contributed by atoms with Crippen LogP contribution in [0.5, 0.6) is 0 Å². The Morgan fingerprint density at radius 1 is 1.18 bits per heavy atom. The van der Waals surface area contributed by atoms with Gasteiger partial charge in [-0.15, -0.1) is 0 Å². The van der Waals surface area contributed by atoms with E-state index in [2.05, 4.69) is 4.90 Å². The fourth-order valence-corrected chi connectivity index (χ4v) is 6.39. The topological polar surface area (TPSA) is 89.1 Å². The third-order valence-electron chi connectivity index (χ3n) is 6.96. The van der Waals surface area contributed by atoms with Gasteiger partial charge in [-0.3, -0.25) is 9.59 Å². The van der Waals surface area contributed by atoms with Gasteiger partial charge < -0.3 is 15.5 Å². The van der Waals surface area contributed by atoms with E-state index in [1.165, 1.54) is 0 Å². The summed E-state index contributed by atoms with van der Waals surface area (Å²) in [6.45, 7) is 1.53. The number of aliphatic hydroxyl groups excluding tert-OH is 1. The molecule has 5 heteroatoms. The second-order valence-corrected chi connectivity index (χ2v) is 8.03. The van der Waals surface area contributed by atoms with Crippen LogP contribution in [0.25, 0.3) is 0 Å². The molecule has 0 unspecified atom stereocenters. The number of hydrogen-bond acceptors (Lipinski definition) is 4. The van der Waals surface area contributed by atoms with Gasteiger partial charge >= 0.3 is 0 Å². The molecule has 1 saturated heterocycles. The van der Waals surface area contributed by atoms with Gasteiger partial charge in [0.15, 0.2) is 0 Å². The van der Waals surface area contributed by atoms with Crippen molar-refractivity contribution in [3.63, 3.8) is 0 Å². The average Bonchev–Trinajstić information content (AvgIpc) is 2.55. The second-order valence-electron chi connectivity index (χ2n) is 8.03. The first kappa shape index (κ1) is 16.1. The quantitative estimate of drug-likeness (QED) is 0.709. The molecule has 0 aromatic carbocycles. The predicted molar refractivity (Wildman–Crippen MR) is 81.3 cm³/mol. The number of carbonyl (C=O) groups excluding carboxylic acids is 2. The van der Waals surface area contributed by atoms with E-state index in [0.29, 0.717) is 37.5 Å². The van der Waals surface area contributed by atoms with Gasteiger partial charge in [0, 0.05) is 30.2 Å². The Labute approximate surface area is 131 Å². The Balaban J connectivity index is 0.00000144. The highest BCUT2D eigenvalue weighted by Crippen LogP contribution is 2.71. The number of β-amino-alcohol motifs (C(OH)–C–C–N with tert-alkyl or cyclic N) is 1.